The Balaban J connectivity index is 2.22. The molecular formula is C14H12N2O4. The van der Waals surface area contributed by atoms with E-state index in [-0.39, 0.29) is 11.0 Å². The number of rotatable bonds is 3. The second-order valence-electron chi connectivity index (χ2n) is 3.95. The van der Waals surface area contributed by atoms with Crippen LogP contribution in [-0.2, 0) is 4.74 Å². The smallest absolute Gasteiger partial charge is 0.337 e. The number of ether oxygens (including phenoxy) is 1. The summed E-state index contributed by atoms with van der Waals surface area (Å²) in [6.45, 7) is 0. The molecule has 6 nitrogen and oxygen atoms in total. The normalized spacial score (nSPS) is 9.85. The molecule has 0 fully saturated rings. The van der Waals surface area contributed by atoms with Crippen LogP contribution in [0.4, 0.5) is 5.69 Å². The average Bonchev–Trinajstić information content (AvgIpc) is 2.47. The maximum Gasteiger partial charge on any atom is 0.337 e. The minimum Gasteiger partial charge on any atom is -0.465 e. The summed E-state index contributed by atoms with van der Waals surface area (Å²) in [5.74, 6) is -1.05. The summed E-state index contributed by atoms with van der Waals surface area (Å²) in [6, 6.07) is 7.52. The maximum atomic E-state index is 11.9. The van der Waals surface area contributed by atoms with E-state index in [2.05, 4.69) is 15.0 Å². The topological polar surface area (TPSA) is 88.3 Å². The van der Waals surface area contributed by atoms with Crippen molar-refractivity contribution in [3.05, 3.63) is 64.1 Å². The van der Waals surface area contributed by atoms with Crippen molar-refractivity contribution in [1.29, 1.82) is 0 Å². The molecule has 0 saturated heterocycles. The van der Waals surface area contributed by atoms with Crippen LogP contribution in [0, 0.1) is 0 Å². The van der Waals surface area contributed by atoms with Gasteiger partial charge in [0.2, 0.25) is 0 Å². The fourth-order valence-electron chi connectivity index (χ4n) is 1.63. The van der Waals surface area contributed by atoms with E-state index in [4.69, 9.17) is 0 Å². The lowest BCUT2D eigenvalue weighted by Crippen LogP contribution is -2.21. The Morgan fingerprint density at radius 3 is 2.75 bits per heavy atom. The molecule has 1 amide bonds. The Labute approximate surface area is 114 Å². The van der Waals surface area contributed by atoms with Gasteiger partial charge in [-0.3, -0.25) is 9.59 Å². The first-order valence-electron chi connectivity index (χ1n) is 5.78. The second kappa shape index (κ2) is 5.83. The Morgan fingerprint density at radius 1 is 1.25 bits per heavy atom. The molecule has 0 aliphatic carbocycles. The van der Waals surface area contributed by atoms with Crippen molar-refractivity contribution in [2.45, 2.75) is 0 Å². The monoisotopic (exact) mass is 272 g/mol. The van der Waals surface area contributed by atoms with Crippen molar-refractivity contribution in [2.75, 3.05) is 12.4 Å². The van der Waals surface area contributed by atoms with Crippen LogP contribution in [0.5, 0.6) is 0 Å². The highest BCUT2D eigenvalue weighted by atomic mass is 16.5. The van der Waals surface area contributed by atoms with Gasteiger partial charge in [-0.1, -0.05) is 6.07 Å². The number of carbonyl (C=O) groups is 2. The van der Waals surface area contributed by atoms with E-state index in [0.717, 1.165) is 0 Å². The van der Waals surface area contributed by atoms with Gasteiger partial charge in [-0.25, -0.2) is 4.79 Å². The lowest BCUT2D eigenvalue weighted by molar-refractivity contribution is 0.0600. The standard InChI is InChI=1S/C14H12N2O4/c1-20-14(19)9-3-2-4-10(7-9)16-13(18)11-8-15-6-5-12(11)17/h2-8H,1H3,(H,15,17)(H,16,18). The van der Waals surface area contributed by atoms with E-state index >= 15 is 0 Å². The third kappa shape index (κ3) is 2.92. The molecule has 1 aromatic heterocycles. The molecule has 2 aromatic rings. The second-order valence-corrected chi connectivity index (χ2v) is 3.95. The van der Waals surface area contributed by atoms with Gasteiger partial charge in [0.15, 0.2) is 5.43 Å². The minimum atomic E-state index is -0.547. The van der Waals surface area contributed by atoms with E-state index in [9.17, 15) is 14.4 Å². The summed E-state index contributed by atoms with van der Waals surface area (Å²) in [7, 11) is 1.27. The molecule has 0 spiro atoms. The Kier molecular flexibility index (Phi) is 3.95. The molecule has 0 atom stereocenters. The summed E-state index contributed by atoms with van der Waals surface area (Å²) in [6.07, 6.45) is 2.76. The van der Waals surface area contributed by atoms with Crippen LogP contribution < -0.4 is 10.7 Å². The third-order valence-electron chi connectivity index (χ3n) is 2.61. The molecule has 6 heteroatoms. The predicted octanol–water partition coefficient (Wildman–Crippen LogP) is 1.41. The first-order valence-corrected chi connectivity index (χ1v) is 5.78. The fraction of sp³-hybridized carbons (Fsp3) is 0.0714. The molecule has 1 heterocycles. The zero-order chi connectivity index (χ0) is 14.5. The highest BCUT2D eigenvalue weighted by Gasteiger charge is 2.11. The van der Waals surface area contributed by atoms with E-state index in [1.165, 1.54) is 31.6 Å². The number of benzene rings is 1. The predicted molar refractivity (Wildman–Crippen MR) is 72.8 cm³/mol. The molecular weight excluding hydrogens is 260 g/mol. The van der Waals surface area contributed by atoms with Crippen molar-refractivity contribution in [1.82, 2.24) is 4.98 Å². The summed E-state index contributed by atoms with van der Waals surface area (Å²) in [5, 5.41) is 2.55. The summed E-state index contributed by atoms with van der Waals surface area (Å²) in [5.41, 5.74) is 0.328. The molecule has 2 rings (SSSR count). The number of nitrogens with one attached hydrogen (secondary N) is 2. The molecule has 0 aliphatic heterocycles. The van der Waals surface area contributed by atoms with Crippen LogP contribution >= 0.6 is 0 Å². The summed E-state index contributed by atoms with van der Waals surface area (Å²) in [4.78, 5) is 37.5. The van der Waals surface area contributed by atoms with Gasteiger partial charge >= 0.3 is 5.97 Å². The zero-order valence-corrected chi connectivity index (χ0v) is 10.7. The molecule has 1 aromatic carbocycles. The van der Waals surface area contributed by atoms with E-state index in [0.29, 0.717) is 11.3 Å². The van der Waals surface area contributed by atoms with Gasteiger partial charge in [0.1, 0.15) is 5.56 Å². The van der Waals surface area contributed by atoms with Crippen molar-refractivity contribution in [3.63, 3.8) is 0 Å². The van der Waals surface area contributed by atoms with Gasteiger partial charge in [-0.15, -0.1) is 0 Å². The summed E-state index contributed by atoms with van der Waals surface area (Å²) < 4.78 is 4.59. The highest BCUT2D eigenvalue weighted by molar-refractivity contribution is 6.04. The first-order chi connectivity index (χ1) is 9.61. The number of aromatic nitrogens is 1. The van der Waals surface area contributed by atoms with Crippen LogP contribution in [0.3, 0.4) is 0 Å². The van der Waals surface area contributed by atoms with E-state index in [1.807, 2.05) is 0 Å². The van der Waals surface area contributed by atoms with Crippen LogP contribution in [0.15, 0.2) is 47.5 Å². The Bertz CT molecular complexity index is 706. The van der Waals surface area contributed by atoms with Gasteiger partial charge in [-0.2, -0.15) is 0 Å². The van der Waals surface area contributed by atoms with Crippen molar-refractivity contribution in [2.24, 2.45) is 0 Å². The fourth-order valence-corrected chi connectivity index (χ4v) is 1.63. The number of esters is 1. The molecule has 102 valence electrons. The first kappa shape index (κ1) is 13.5. The maximum absolute atomic E-state index is 11.9. The highest BCUT2D eigenvalue weighted by Crippen LogP contribution is 2.12. The van der Waals surface area contributed by atoms with Gasteiger partial charge in [0.25, 0.3) is 5.91 Å². The van der Waals surface area contributed by atoms with Gasteiger partial charge in [0.05, 0.1) is 12.7 Å². The number of aromatic amines is 1. The van der Waals surface area contributed by atoms with Crippen LogP contribution in [-0.4, -0.2) is 24.0 Å². The Morgan fingerprint density at radius 2 is 2.05 bits per heavy atom. The lowest BCUT2D eigenvalue weighted by Gasteiger charge is -2.06. The molecule has 0 saturated carbocycles. The third-order valence-corrected chi connectivity index (χ3v) is 2.61. The molecule has 0 bridgehead atoms. The zero-order valence-electron chi connectivity index (χ0n) is 10.7. The average molecular weight is 272 g/mol. The quantitative estimate of drug-likeness (QED) is 0.827. The van der Waals surface area contributed by atoms with E-state index < -0.39 is 11.9 Å². The summed E-state index contributed by atoms with van der Waals surface area (Å²) >= 11 is 0. The number of carbonyl (C=O) groups excluding carboxylic acids is 2. The largest absolute Gasteiger partial charge is 0.465 e. The lowest BCUT2D eigenvalue weighted by atomic mass is 10.2. The molecule has 2 N–H and O–H groups in total. The van der Waals surface area contributed by atoms with Gasteiger partial charge < -0.3 is 15.0 Å². The Hall–Kier alpha value is -2.89. The molecule has 0 unspecified atom stereocenters. The number of anilines is 1. The number of amides is 1. The molecule has 20 heavy (non-hydrogen) atoms. The van der Waals surface area contributed by atoms with Gasteiger partial charge in [-0.05, 0) is 18.2 Å². The van der Waals surface area contributed by atoms with Gasteiger partial charge in [0, 0.05) is 24.1 Å². The molecule has 0 radical (unpaired) electrons. The number of methoxy groups -OCH3 is 1. The van der Waals surface area contributed by atoms with Crippen LogP contribution in [0.1, 0.15) is 20.7 Å². The SMILES string of the molecule is COC(=O)c1cccc(NC(=O)c2c[nH]ccc2=O)c1. The number of pyridine rings is 1. The van der Waals surface area contributed by atoms with Crippen molar-refractivity contribution < 1.29 is 14.3 Å². The minimum absolute atomic E-state index is 0.00373. The number of hydrogen-bond acceptors (Lipinski definition) is 4. The number of hydrogen-bond donors (Lipinski definition) is 2. The van der Waals surface area contributed by atoms with Crippen molar-refractivity contribution >= 4 is 17.6 Å². The number of H-pyrrole nitrogens is 1. The van der Waals surface area contributed by atoms with Crippen LogP contribution in [0.25, 0.3) is 0 Å². The van der Waals surface area contributed by atoms with Crippen molar-refractivity contribution in [3.8, 4) is 0 Å². The molecule has 0 aliphatic rings. The van der Waals surface area contributed by atoms with Crippen LogP contribution in [0.2, 0.25) is 0 Å². The van der Waals surface area contributed by atoms with E-state index in [1.54, 1.807) is 18.2 Å².